The van der Waals surface area contributed by atoms with Gasteiger partial charge in [-0.05, 0) is 24.4 Å². The standard InChI is InChI=1S/C15H17N3O/c1-4-17(2)18-15-12(10-16-18)6-5-11-7-8-13(19-3)9-14(11)15/h5-10H,4H2,1-3H3. The molecule has 0 N–H and O–H groups in total. The average molecular weight is 255 g/mol. The van der Waals surface area contributed by atoms with Crippen LogP contribution in [0.3, 0.4) is 0 Å². The first kappa shape index (κ1) is 11.8. The highest BCUT2D eigenvalue weighted by atomic mass is 16.5. The molecule has 0 aliphatic rings. The molecule has 4 heteroatoms. The number of aromatic nitrogens is 2. The first-order valence-electron chi connectivity index (χ1n) is 6.40. The second kappa shape index (κ2) is 4.46. The van der Waals surface area contributed by atoms with Gasteiger partial charge in [-0.1, -0.05) is 18.2 Å². The number of nitrogens with zero attached hydrogens (tertiary/aromatic N) is 3. The van der Waals surface area contributed by atoms with Gasteiger partial charge in [0.15, 0.2) is 0 Å². The van der Waals surface area contributed by atoms with Crippen LogP contribution in [0.25, 0.3) is 21.7 Å². The maximum absolute atomic E-state index is 5.33. The minimum atomic E-state index is 0.868. The van der Waals surface area contributed by atoms with Crippen molar-refractivity contribution in [2.75, 3.05) is 25.7 Å². The van der Waals surface area contributed by atoms with Crippen molar-refractivity contribution >= 4 is 21.7 Å². The van der Waals surface area contributed by atoms with Gasteiger partial charge in [-0.3, -0.25) is 5.01 Å². The predicted octanol–water partition coefficient (Wildman–Crippen LogP) is 2.79. The van der Waals surface area contributed by atoms with Gasteiger partial charge >= 0.3 is 0 Å². The van der Waals surface area contributed by atoms with E-state index in [9.17, 15) is 0 Å². The Morgan fingerprint density at radius 1 is 1.21 bits per heavy atom. The van der Waals surface area contributed by atoms with Gasteiger partial charge in [0.2, 0.25) is 0 Å². The Morgan fingerprint density at radius 2 is 1.95 bits per heavy atom. The van der Waals surface area contributed by atoms with E-state index in [4.69, 9.17) is 4.74 Å². The summed E-state index contributed by atoms with van der Waals surface area (Å²) in [5.41, 5.74) is 1.13. The fourth-order valence-electron chi connectivity index (χ4n) is 2.32. The van der Waals surface area contributed by atoms with Gasteiger partial charge in [-0.15, -0.1) is 0 Å². The third-order valence-corrected chi connectivity index (χ3v) is 3.52. The smallest absolute Gasteiger partial charge is 0.119 e. The molecular formula is C15H17N3O. The Morgan fingerprint density at radius 3 is 2.68 bits per heavy atom. The fraction of sp³-hybridized carbons (Fsp3) is 0.267. The van der Waals surface area contributed by atoms with E-state index in [1.165, 1.54) is 5.39 Å². The molecule has 0 bridgehead atoms. The first-order chi connectivity index (χ1) is 9.24. The second-order valence-electron chi connectivity index (χ2n) is 4.60. The summed E-state index contributed by atoms with van der Waals surface area (Å²) in [6.07, 6.45) is 1.90. The zero-order valence-electron chi connectivity index (χ0n) is 11.4. The van der Waals surface area contributed by atoms with E-state index in [0.29, 0.717) is 0 Å². The van der Waals surface area contributed by atoms with Crippen molar-refractivity contribution in [2.24, 2.45) is 0 Å². The number of fused-ring (bicyclic) bond motifs is 3. The largest absolute Gasteiger partial charge is 0.497 e. The minimum absolute atomic E-state index is 0.868. The lowest BCUT2D eigenvalue weighted by atomic mass is 10.1. The van der Waals surface area contributed by atoms with Crippen molar-refractivity contribution in [2.45, 2.75) is 6.92 Å². The van der Waals surface area contributed by atoms with Gasteiger partial charge in [-0.2, -0.15) is 9.89 Å². The Balaban J connectivity index is 2.38. The van der Waals surface area contributed by atoms with Gasteiger partial charge in [0.05, 0.1) is 18.8 Å². The van der Waals surface area contributed by atoms with Gasteiger partial charge in [-0.25, -0.2) is 0 Å². The summed E-state index contributed by atoms with van der Waals surface area (Å²) in [6, 6.07) is 10.4. The summed E-state index contributed by atoms with van der Waals surface area (Å²) in [4.78, 5) is 1.96. The van der Waals surface area contributed by atoms with Gasteiger partial charge < -0.3 is 4.74 Å². The van der Waals surface area contributed by atoms with E-state index >= 15 is 0 Å². The zero-order valence-corrected chi connectivity index (χ0v) is 11.4. The number of hydrogen-bond donors (Lipinski definition) is 0. The Kier molecular flexibility index (Phi) is 2.78. The molecule has 0 spiro atoms. The van der Waals surface area contributed by atoms with Crippen molar-refractivity contribution in [3.05, 3.63) is 36.5 Å². The molecule has 19 heavy (non-hydrogen) atoms. The summed E-state index contributed by atoms with van der Waals surface area (Å²) in [7, 11) is 3.72. The van der Waals surface area contributed by atoms with Gasteiger partial charge in [0, 0.05) is 24.4 Å². The number of rotatable bonds is 3. The summed E-state index contributed by atoms with van der Waals surface area (Å²) in [5.74, 6) is 0.868. The maximum atomic E-state index is 5.33. The summed E-state index contributed by atoms with van der Waals surface area (Å²) >= 11 is 0. The highest BCUT2D eigenvalue weighted by Crippen LogP contribution is 2.28. The summed E-state index contributed by atoms with van der Waals surface area (Å²) in [5, 5.41) is 10.1. The maximum Gasteiger partial charge on any atom is 0.119 e. The Bertz CT molecular complexity index is 733. The van der Waals surface area contributed by atoms with Gasteiger partial charge in [0.1, 0.15) is 5.75 Å². The molecule has 0 fully saturated rings. The van der Waals surface area contributed by atoms with Crippen molar-refractivity contribution in [1.82, 2.24) is 9.89 Å². The average Bonchev–Trinajstić information content (AvgIpc) is 2.90. The molecule has 0 aliphatic heterocycles. The van der Waals surface area contributed by atoms with Crippen molar-refractivity contribution < 1.29 is 4.74 Å². The molecule has 3 rings (SSSR count). The SMILES string of the molecule is CCN(C)n1ncc2ccc3ccc(OC)cc3c21. The topological polar surface area (TPSA) is 30.3 Å². The van der Waals surface area contributed by atoms with Crippen LogP contribution in [0.1, 0.15) is 6.92 Å². The van der Waals surface area contributed by atoms with Crippen LogP contribution >= 0.6 is 0 Å². The lowest BCUT2D eigenvalue weighted by molar-refractivity contribution is 0.415. The number of hydrogen-bond acceptors (Lipinski definition) is 3. The molecule has 4 nitrogen and oxygen atoms in total. The van der Waals surface area contributed by atoms with Crippen LogP contribution in [0.4, 0.5) is 0 Å². The molecule has 0 atom stereocenters. The van der Waals surface area contributed by atoms with E-state index in [-0.39, 0.29) is 0 Å². The number of ether oxygens (including phenoxy) is 1. The van der Waals surface area contributed by atoms with Crippen LogP contribution in [-0.4, -0.2) is 30.6 Å². The quantitative estimate of drug-likeness (QED) is 0.721. The number of methoxy groups -OCH3 is 1. The van der Waals surface area contributed by atoms with Crippen LogP contribution < -0.4 is 9.75 Å². The molecule has 3 aromatic rings. The van der Waals surface area contributed by atoms with E-state index in [2.05, 4.69) is 41.3 Å². The monoisotopic (exact) mass is 255 g/mol. The fourth-order valence-corrected chi connectivity index (χ4v) is 2.32. The highest BCUT2D eigenvalue weighted by molar-refractivity contribution is 6.06. The van der Waals surface area contributed by atoms with Crippen molar-refractivity contribution in [1.29, 1.82) is 0 Å². The molecule has 0 aliphatic carbocycles. The van der Waals surface area contributed by atoms with Crippen LogP contribution in [0.2, 0.25) is 0 Å². The lowest BCUT2D eigenvalue weighted by Crippen LogP contribution is -2.30. The second-order valence-corrected chi connectivity index (χ2v) is 4.60. The van der Waals surface area contributed by atoms with Crippen molar-refractivity contribution in [3.63, 3.8) is 0 Å². The number of benzene rings is 2. The van der Waals surface area contributed by atoms with Crippen LogP contribution in [0, 0.1) is 0 Å². The van der Waals surface area contributed by atoms with E-state index in [1.54, 1.807) is 7.11 Å². The van der Waals surface area contributed by atoms with Crippen LogP contribution in [0.5, 0.6) is 5.75 Å². The molecule has 1 aromatic heterocycles. The third-order valence-electron chi connectivity index (χ3n) is 3.52. The molecule has 0 saturated heterocycles. The Hall–Kier alpha value is -2.23. The molecule has 1 heterocycles. The highest BCUT2D eigenvalue weighted by Gasteiger charge is 2.10. The van der Waals surface area contributed by atoms with E-state index in [1.807, 2.05) is 24.1 Å². The van der Waals surface area contributed by atoms with Crippen molar-refractivity contribution in [3.8, 4) is 5.75 Å². The summed E-state index contributed by atoms with van der Waals surface area (Å²) < 4.78 is 5.33. The molecule has 0 saturated carbocycles. The Labute approximate surface area is 112 Å². The lowest BCUT2D eigenvalue weighted by Gasteiger charge is -2.18. The molecule has 98 valence electrons. The summed E-state index contributed by atoms with van der Waals surface area (Å²) in [6.45, 7) is 3.01. The molecule has 2 aromatic carbocycles. The molecule has 0 unspecified atom stereocenters. The van der Waals surface area contributed by atoms with Crippen LogP contribution in [0.15, 0.2) is 36.5 Å². The molecule has 0 amide bonds. The normalized spacial score (nSPS) is 11.1. The third kappa shape index (κ3) is 1.80. The minimum Gasteiger partial charge on any atom is -0.497 e. The molecule has 0 radical (unpaired) electrons. The van der Waals surface area contributed by atoms with Gasteiger partial charge in [0.25, 0.3) is 0 Å². The zero-order chi connectivity index (χ0) is 13.4. The first-order valence-corrected chi connectivity index (χ1v) is 6.40. The van der Waals surface area contributed by atoms with E-state index in [0.717, 1.165) is 28.6 Å². The van der Waals surface area contributed by atoms with Crippen LogP contribution in [-0.2, 0) is 0 Å². The molecular weight excluding hydrogens is 238 g/mol. The van der Waals surface area contributed by atoms with E-state index < -0.39 is 0 Å². The predicted molar refractivity (Wildman–Crippen MR) is 78.5 cm³/mol.